The van der Waals surface area contributed by atoms with Crippen LogP contribution in [-0.2, 0) is 4.79 Å². The van der Waals surface area contributed by atoms with Crippen LogP contribution in [0.2, 0.25) is 0 Å². The van der Waals surface area contributed by atoms with Crippen molar-refractivity contribution >= 4 is 5.78 Å². The third kappa shape index (κ3) is 1.57. The van der Waals surface area contributed by atoms with Crippen LogP contribution in [0.1, 0.15) is 0 Å². The molecule has 0 spiro atoms. The molecular weight excluding hydrogens is 128 g/mol. The van der Waals surface area contributed by atoms with Gasteiger partial charge >= 0.3 is 0 Å². The summed E-state index contributed by atoms with van der Waals surface area (Å²) in [6, 6.07) is 0. The van der Waals surface area contributed by atoms with Gasteiger partial charge in [0.15, 0.2) is 5.78 Å². The Kier molecular flexibility index (Phi) is 2.06. The van der Waals surface area contributed by atoms with Crippen molar-refractivity contribution in [3.63, 3.8) is 0 Å². The zero-order valence-electron chi connectivity index (χ0n) is 6.35. The van der Waals surface area contributed by atoms with Gasteiger partial charge < -0.3 is 10.2 Å². The number of hydrogen-bond donors (Lipinski definition) is 1. The Labute approximate surface area is 60.7 Å². The molecule has 3 nitrogen and oxygen atoms in total. The maximum absolute atomic E-state index is 11.0. The molecule has 0 bridgehead atoms. The number of nitrogens with one attached hydrogen (secondary N) is 1. The molecule has 1 N–H and O–H groups in total. The van der Waals surface area contributed by atoms with Crippen LogP contribution >= 0.6 is 0 Å². The minimum atomic E-state index is 0.216. The molecule has 56 valence electrons. The fraction of sp³-hybridized carbons (Fsp3) is 0.571. The summed E-state index contributed by atoms with van der Waals surface area (Å²) in [7, 11) is 3.83. The third-order valence-corrected chi connectivity index (χ3v) is 1.37. The summed E-state index contributed by atoms with van der Waals surface area (Å²) < 4.78 is 0. The van der Waals surface area contributed by atoms with E-state index in [1.54, 1.807) is 0 Å². The van der Waals surface area contributed by atoms with Gasteiger partial charge in [-0.2, -0.15) is 0 Å². The molecule has 0 aromatic carbocycles. The second-order valence-electron chi connectivity index (χ2n) is 2.64. The largest absolute Gasteiger partial charge is 0.383 e. The van der Waals surface area contributed by atoms with E-state index in [-0.39, 0.29) is 5.78 Å². The normalized spacial score (nSPS) is 22.2. The van der Waals surface area contributed by atoms with Gasteiger partial charge in [0.1, 0.15) is 0 Å². The summed E-state index contributed by atoms with van der Waals surface area (Å²) in [5, 5.41) is 2.98. The molecule has 0 aromatic heterocycles. The zero-order valence-corrected chi connectivity index (χ0v) is 6.35. The van der Waals surface area contributed by atoms with E-state index in [1.165, 1.54) is 0 Å². The lowest BCUT2D eigenvalue weighted by atomic mass is 10.2. The fourth-order valence-electron chi connectivity index (χ4n) is 0.952. The molecule has 1 aliphatic heterocycles. The molecule has 0 amide bonds. The first-order valence-electron chi connectivity index (χ1n) is 3.31. The molecular formula is C7H12N2O. The molecule has 1 fully saturated rings. The van der Waals surface area contributed by atoms with Crippen LogP contribution in [0.3, 0.4) is 0 Å². The summed E-state index contributed by atoms with van der Waals surface area (Å²) in [6.45, 7) is 1.22. The topological polar surface area (TPSA) is 32.3 Å². The third-order valence-electron chi connectivity index (χ3n) is 1.37. The van der Waals surface area contributed by atoms with E-state index in [0.29, 0.717) is 6.54 Å². The highest BCUT2D eigenvalue weighted by molar-refractivity contribution is 5.99. The number of nitrogens with zero attached hydrogens (tertiary/aromatic N) is 1. The molecule has 0 atom stereocenters. The highest BCUT2D eigenvalue weighted by Crippen LogP contribution is 2.01. The Balaban J connectivity index is 2.62. The molecule has 1 aliphatic rings. The van der Waals surface area contributed by atoms with E-state index in [1.807, 2.05) is 25.2 Å². The van der Waals surface area contributed by atoms with Crippen LogP contribution in [0.4, 0.5) is 0 Å². The van der Waals surface area contributed by atoms with Crippen molar-refractivity contribution < 1.29 is 4.79 Å². The second kappa shape index (κ2) is 2.84. The molecule has 0 aliphatic carbocycles. The first kappa shape index (κ1) is 7.28. The number of rotatable bonds is 1. The average molecular weight is 140 g/mol. The van der Waals surface area contributed by atoms with Crippen molar-refractivity contribution in [1.82, 2.24) is 10.2 Å². The number of carbonyl (C=O) groups is 1. The van der Waals surface area contributed by atoms with Gasteiger partial charge in [-0.15, -0.1) is 0 Å². The number of ketones is 1. The van der Waals surface area contributed by atoms with E-state index in [0.717, 1.165) is 12.1 Å². The maximum atomic E-state index is 11.0. The molecule has 0 radical (unpaired) electrons. The van der Waals surface area contributed by atoms with Gasteiger partial charge in [-0.1, -0.05) is 0 Å². The quantitative estimate of drug-likeness (QED) is 0.503. The Bertz CT molecular complexity index is 172. The van der Waals surface area contributed by atoms with Crippen molar-refractivity contribution in [2.45, 2.75) is 0 Å². The summed E-state index contributed by atoms with van der Waals surface area (Å²) in [6.07, 6.45) is 1.86. The predicted molar refractivity (Wildman–Crippen MR) is 39.6 cm³/mol. The summed E-state index contributed by atoms with van der Waals surface area (Å²) in [5.74, 6) is 0.216. The first-order chi connectivity index (χ1) is 4.70. The zero-order chi connectivity index (χ0) is 7.56. The molecule has 1 rings (SSSR count). The van der Waals surface area contributed by atoms with Crippen molar-refractivity contribution in [3.05, 3.63) is 11.8 Å². The minimum Gasteiger partial charge on any atom is -0.383 e. The lowest BCUT2D eigenvalue weighted by Crippen LogP contribution is -2.07. The molecule has 10 heavy (non-hydrogen) atoms. The van der Waals surface area contributed by atoms with Crippen LogP contribution in [0, 0.1) is 0 Å². The van der Waals surface area contributed by atoms with Crippen molar-refractivity contribution in [1.29, 1.82) is 0 Å². The van der Waals surface area contributed by atoms with Gasteiger partial charge in [0.05, 0.1) is 6.54 Å². The highest BCUT2D eigenvalue weighted by atomic mass is 16.1. The van der Waals surface area contributed by atoms with E-state index in [2.05, 4.69) is 5.32 Å². The van der Waals surface area contributed by atoms with Crippen LogP contribution < -0.4 is 5.32 Å². The molecule has 0 unspecified atom stereocenters. The van der Waals surface area contributed by atoms with Crippen molar-refractivity contribution in [3.8, 4) is 0 Å². The standard InChI is InChI=1S/C7H12N2O/c1-9(2)5-6-3-8-4-7(6)10/h5,8H,3-4H2,1-2H3/b6-5-. The lowest BCUT2D eigenvalue weighted by molar-refractivity contribution is -0.113. The number of hydrogen-bond acceptors (Lipinski definition) is 3. The summed E-state index contributed by atoms with van der Waals surface area (Å²) in [4.78, 5) is 12.8. The van der Waals surface area contributed by atoms with Gasteiger partial charge in [-0.3, -0.25) is 4.79 Å². The van der Waals surface area contributed by atoms with Gasteiger partial charge in [0.2, 0.25) is 0 Å². The average Bonchev–Trinajstić information content (AvgIpc) is 2.15. The minimum absolute atomic E-state index is 0.216. The van der Waals surface area contributed by atoms with Crippen LogP contribution in [-0.4, -0.2) is 37.9 Å². The Hall–Kier alpha value is -0.830. The first-order valence-corrected chi connectivity index (χ1v) is 3.31. The summed E-state index contributed by atoms with van der Waals surface area (Å²) in [5.41, 5.74) is 0.880. The van der Waals surface area contributed by atoms with Gasteiger partial charge in [0.25, 0.3) is 0 Å². The smallest absolute Gasteiger partial charge is 0.175 e. The summed E-state index contributed by atoms with van der Waals surface area (Å²) >= 11 is 0. The van der Waals surface area contributed by atoms with E-state index >= 15 is 0 Å². The predicted octanol–water partition coefficient (Wildman–Crippen LogP) is -0.396. The molecule has 0 aromatic rings. The monoisotopic (exact) mass is 140 g/mol. The fourth-order valence-corrected chi connectivity index (χ4v) is 0.952. The second-order valence-corrected chi connectivity index (χ2v) is 2.64. The van der Waals surface area contributed by atoms with Crippen molar-refractivity contribution in [2.24, 2.45) is 0 Å². The van der Waals surface area contributed by atoms with E-state index in [4.69, 9.17) is 0 Å². The van der Waals surface area contributed by atoms with Crippen molar-refractivity contribution in [2.75, 3.05) is 27.2 Å². The van der Waals surface area contributed by atoms with Crippen LogP contribution in [0.15, 0.2) is 11.8 Å². The molecule has 1 heterocycles. The molecule has 3 heteroatoms. The van der Waals surface area contributed by atoms with E-state index < -0.39 is 0 Å². The Morgan fingerprint density at radius 1 is 1.50 bits per heavy atom. The lowest BCUT2D eigenvalue weighted by Gasteiger charge is -2.04. The van der Waals surface area contributed by atoms with Crippen LogP contribution in [0.25, 0.3) is 0 Å². The van der Waals surface area contributed by atoms with Gasteiger partial charge in [-0.05, 0) is 0 Å². The number of Topliss-reactive ketones (excluding diaryl/α,β-unsaturated/α-hetero) is 1. The van der Waals surface area contributed by atoms with Gasteiger partial charge in [0, 0.05) is 32.4 Å². The Morgan fingerprint density at radius 3 is 2.60 bits per heavy atom. The molecule has 1 saturated heterocycles. The molecule has 0 saturated carbocycles. The van der Waals surface area contributed by atoms with Crippen LogP contribution in [0.5, 0.6) is 0 Å². The number of carbonyl (C=O) groups excluding carboxylic acids is 1. The highest BCUT2D eigenvalue weighted by Gasteiger charge is 2.15. The Morgan fingerprint density at radius 2 is 2.20 bits per heavy atom. The van der Waals surface area contributed by atoms with Gasteiger partial charge in [-0.25, -0.2) is 0 Å². The van der Waals surface area contributed by atoms with E-state index in [9.17, 15) is 4.79 Å². The maximum Gasteiger partial charge on any atom is 0.175 e. The SMILES string of the molecule is CN(C)/C=C1/CNCC1=O.